The summed E-state index contributed by atoms with van der Waals surface area (Å²) in [6, 6.07) is 9.77. The number of hydrogen-bond acceptors (Lipinski definition) is 6. The van der Waals surface area contributed by atoms with Crippen molar-refractivity contribution in [2.75, 3.05) is 26.2 Å². The molecule has 3 heterocycles. The largest absolute Gasteiger partial charge is 0.352 e. The molecule has 1 fully saturated rings. The van der Waals surface area contributed by atoms with E-state index in [1.165, 1.54) is 44.1 Å². The maximum Gasteiger partial charge on any atom is 0.253 e. The minimum atomic E-state index is -0.0113. The number of carbonyl (C=O) groups is 1. The third-order valence-electron chi connectivity index (χ3n) is 5.85. The second-order valence-electron chi connectivity index (χ2n) is 8.77. The number of aryl methyl sites for hydroxylation is 2. The van der Waals surface area contributed by atoms with E-state index in [1.54, 1.807) is 4.52 Å². The Hall–Kier alpha value is -2.45. The van der Waals surface area contributed by atoms with Gasteiger partial charge in [-0.1, -0.05) is 43.3 Å². The number of amides is 1. The molecule has 0 aliphatic carbocycles. The predicted octanol–water partition coefficient (Wildman–Crippen LogP) is 3.89. The van der Waals surface area contributed by atoms with Gasteiger partial charge < -0.3 is 10.2 Å². The van der Waals surface area contributed by atoms with E-state index < -0.39 is 0 Å². The molecule has 1 aliphatic rings. The lowest BCUT2D eigenvalue weighted by molar-refractivity contribution is 0.0942. The summed E-state index contributed by atoms with van der Waals surface area (Å²) < 4.78 is 1.76. The zero-order chi connectivity index (χ0) is 22.5. The van der Waals surface area contributed by atoms with Crippen LogP contribution in [0.4, 0.5) is 0 Å². The molecule has 1 amide bonds. The van der Waals surface area contributed by atoms with Crippen molar-refractivity contribution in [2.45, 2.75) is 50.9 Å². The first-order valence-corrected chi connectivity index (χ1v) is 12.4. The van der Waals surface area contributed by atoms with E-state index in [-0.39, 0.29) is 5.91 Å². The molecule has 1 atom stereocenters. The normalized spacial score (nSPS) is 15.7. The molecule has 1 unspecified atom stereocenters. The van der Waals surface area contributed by atoms with Crippen molar-refractivity contribution in [3.63, 3.8) is 0 Å². The fourth-order valence-electron chi connectivity index (χ4n) is 4.23. The SMILES string of the molecule is Cc1cc(C)n2nc(SCc3ccccc3C(=O)NCC(C)CN3CCCCC3)nc2n1. The van der Waals surface area contributed by atoms with E-state index >= 15 is 0 Å². The Morgan fingerprint density at radius 1 is 1.16 bits per heavy atom. The fraction of sp³-hybridized carbons (Fsp3) is 0.500. The number of likely N-dealkylation sites (tertiary alicyclic amines) is 1. The summed E-state index contributed by atoms with van der Waals surface area (Å²) in [5.41, 5.74) is 3.64. The average Bonchev–Trinajstić information content (AvgIpc) is 3.20. The van der Waals surface area contributed by atoms with Crippen molar-refractivity contribution >= 4 is 23.4 Å². The summed E-state index contributed by atoms with van der Waals surface area (Å²) in [6.07, 6.45) is 3.93. The van der Waals surface area contributed by atoms with Gasteiger partial charge in [-0.15, -0.1) is 5.10 Å². The van der Waals surface area contributed by atoms with Crippen molar-refractivity contribution in [1.82, 2.24) is 29.8 Å². The monoisotopic (exact) mass is 452 g/mol. The van der Waals surface area contributed by atoms with Gasteiger partial charge in [-0.2, -0.15) is 4.98 Å². The molecule has 1 saturated heterocycles. The van der Waals surface area contributed by atoms with Crippen molar-refractivity contribution in [2.24, 2.45) is 5.92 Å². The van der Waals surface area contributed by atoms with Gasteiger partial charge in [0.2, 0.25) is 5.16 Å². The first-order valence-electron chi connectivity index (χ1n) is 11.4. The topological polar surface area (TPSA) is 75.4 Å². The Morgan fingerprint density at radius 3 is 2.75 bits per heavy atom. The number of thioether (sulfide) groups is 1. The fourth-order valence-corrected chi connectivity index (χ4v) is 5.05. The van der Waals surface area contributed by atoms with Crippen LogP contribution in [0.1, 0.15) is 53.5 Å². The lowest BCUT2D eigenvalue weighted by Crippen LogP contribution is -2.38. The van der Waals surface area contributed by atoms with Gasteiger partial charge in [-0.05, 0) is 63.4 Å². The van der Waals surface area contributed by atoms with E-state index in [0.717, 1.165) is 29.1 Å². The molecule has 0 spiro atoms. The van der Waals surface area contributed by atoms with Gasteiger partial charge in [0.1, 0.15) is 0 Å². The van der Waals surface area contributed by atoms with E-state index in [9.17, 15) is 4.79 Å². The van der Waals surface area contributed by atoms with E-state index in [4.69, 9.17) is 0 Å². The van der Waals surface area contributed by atoms with E-state index in [2.05, 4.69) is 32.2 Å². The van der Waals surface area contributed by atoms with Gasteiger partial charge in [-0.25, -0.2) is 9.50 Å². The van der Waals surface area contributed by atoms with Crippen molar-refractivity contribution in [1.29, 1.82) is 0 Å². The van der Waals surface area contributed by atoms with Crippen LogP contribution in [0, 0.1) is 19.8 Å². The van der Waals surface area contributed by atoms with Gasteiger partial charge >= 0.3 is 0 Å². The highest BCUT2D eigenvalue weighted by atomic mass is 32.2. The first-order chi connectivity index (χ1) is 15.5. The summed E-state index contributed by atoms with van der Waals surface area (Å²) in [4.78, 5) is 24.4. The third kappa shape index (κ3) is 5.66. The Labute approximate surface area is 194 Å². The van der Waals surface area contributed by atoms with Crippen LogP contribution in [0.15, 0.2) is 35.5 Å². The van der Waals surface area contributed by atoms with Crippen molar-refractivity contribution in [3.05, 3.63) is 52.8 Å². The zero-order valence-electron chi connectivity index (χ0n) is 19.2. The number of rotatable bonds is 8. The number of piperidine rings is 1. The van der Waals surface area contributed by atoms with Crippen LogP contribution in [-0.2, 0) is 5.75 Å². The Balaban J connectivity index is 1.36. The summed E-state index contributed by atoms with van der Waals surface area (Å²) in [5.74, 6) is 1.66. The molecule has 170 valence electrons. The van der Waals surface area contributed by atoms with Gasteiger partial charge in [-0.3, -0.25) is 4.79 Å². The average molecular weight is 453 g/mol. The van der Waals surface area contributed by atoms with E-state index in [0.29, 0.717) is 29.1 Å². The lowest BCUT2D eigenvalue weighted by atomic mass is 10.1. The molecule has 3 aromatic rings. The number of nitrogens with zero attached hydrogens (tertiary/aromatic N) is 5. The van der Waals surface area contributed by atoms with Gasteiger partial charge in [0.05, 0.1) is 0 Å². The molecular weight excluding hydrogens is 420 g/mol. The van der Waals surface area contributed by atoms with E-state index in [1.807, 2.05) is 44.2 Å². The quantitative estimate of drug-likeness (QED) is 0.523. The minimum Gasteiger partial charge on any atom is -0.352 e. The summed E-state index contributed by atoms with van der Waals surface area (Å²) in [5, 5.41) is 8.36. The van der Waals surface area contributed by atoms with Crippen LogP contribution >= 0.6 is 11.8 Å². The summed E-state index contributed by atoms with van der Waals surface area (Å²) in [7, 11) is 0. The van der Waals surface area contributed by atoms with Crippen LogP contribution in [0.2, 0.25) is 0 Å². The zero-order valence-corrected chi connectivity index (χ0v) is 20.0. The van der Waals surface area contributed by atoms with Crippen LogP contribution in [0.3, 0.4) is 0 Å². The van der Waals surface area contributed by atoms with Crippen LogP contribution in [0.5, 0.6) is 0 Å². The molecule has 2 aromatic heterocycles. The number of hydrogen-bond donors (Lipinski definition) is 1. The van der Waals surface area contributed by atoms with Crippen molar-refractivity contribution in [3.8, 4) is 0 Å². The second kappa shape index (κ2) is 10.4. The number of carbonyl (C=O) groups excluding carboxylic acids is 1. The molecule has 0 saturated carbocycles. The molecular formula is C24H32N6OS. The number of benzene rings is 1. The maximum atomic E-state index is 12.9. The molecule has 0 radical (unpaired) electrons. The molecule has 8 heteroatoms. The Morgan fingerprint density at radius 2 is 1.94 bits per heavy atom. The third-order valence-corrected chi connectivity index (χ3v) is 6.73. The Bertz CT molecular complexity index is 1080. The Kier molecular flexibility index (Phi) is 7.42. The highest BCUT2D eigenvalue weighted by molar-refractivity contribution is 7.98. The molecule has 1 aliphatic heterocycles. The van der Waals surface area contributed by atoms with Gasteiger partial charge in [0.15, 0.2) is 0 Å². The first kappa shape index (κ1) is 22.7. The highest BCUT2D eigenvalue weighted by Gasteiger charge is 2.16. The molecule has 7 nitrogen and oxygen atoms in total. The molecule has 32 heavy (non-hydrogen) atoms. The summed E-state index contributed by atoms with van der Waals surface area (Å²) >= 11 is 1.52. The van der Waals surface area contributed by atoms with Crippen LogP contribution < -0.4 is 5.32 Å². The number of nitrogens with one attached hydrogen (secondary N) is 1. The second-order valence-corrected chi connectivity index (χ2v) is 9.71. The molecule has 1 aromatic carbocycles. The maximum absolute atomic E-state index is 12.9. The minimum absolute atomic E-state index is 0.0113. The molecule has 0 bridgehead atoms. The predicted molar refractivity (Wildman–Crippen MR) is 128 cm³/mol. The smallest absolute Gasteiger partial charge is 0.253 e. The van der Waals surface area contributed by atoms with Gasteiger partial charge in [0.25, 0.3) is 11.7 Å². The molecule has 1 N–H and O–H groups in total. The van der Waals surface area contributed by atoms with Gasteiger partial charge in [0, 0.05) is 35.8 Å². The standard InChI is InChI=1S/C24H32N6OS/c1-17(15-29-11-7-4-8-12-29)14-25-22(31)21-10-6-5-9-20(21)16-32-24-27-23-26-18(2)13-19(3)30(23)28-24/h5-6,9-10,13,17H,4,7-8,11-12,14-16H2,1-3H3,(H,25,31). The van der Waals surface area contributed by atoms with Crippen LogP contribution in [-0.4, -0.2) is 56.6 Å². The summed E-state index contributed by atoms with van der Waals surface area (Å²) in [6.45, 7) is 10.3. The lowest BCUT2D eigenvalue weighted by Gasteiger charge is -2.29. The number of fused-ring (bicyclic) bond motifs is 1. The van der Waals surface area contributed by atoms with Crippen molar-refractivity contribution < 1.29 is 4.79 Å². The molecule has 4 rings (SSSR count). The highest BCUT2D eigenvalue weighted by Crippen LogP contribution is 2.23. The van der Waals surface area contributed by atoms with Crippen LogP contribution in [0.25, 0.3) is 5.78 Å². The number of aromatic nitrogens is 4.